The molecule has 1 aliphatic rings. The van der Waals surface area contributed by atoms with Crippen LogP contribution in [0.25, 0.3) is 5.69 Å². The van der Waals surface area contributed by atoms with Gasteiger partial charge in [-0.05, 0) is 31.2 Å². The molecule has 0 radical (unpaired) electrons. The number of pyridine rings is 1. The Morgan fingerprint density at radius 2 is 1.94 bits per heavy atom. The topological polar surface area (TPSA) is 106 Å². The predicted octanol–water partition coefficient (Wildman–Crippen LogP) is 1.74. The molecule has 3 aromatic rings. The van der Waals surface area contributed by atoms with E-state index in [-0.39, 0.29) is 11.6 Å². The van der Waals surface area contributed by atoms with Gasteiger partial charge in [0.1, 0.15) is 17.7 Å². The van der Waals surface area contributed by atoms with E-state index in [9.17, 15) is 14.4 Å². The van der Waals surface area contributed by atoms with Crippen LogP contribution in [-0.2, 0) is 4.79 Å². The summed E-state index contributed by atoms with van der Waals surface area (Å²) in [4.78, 5) is 43.8. The van der Waals surface area contributed by atoms with Gasteiger partial charge in [-0.2, -0.15) is 5.10 Å². The zero-order valence-electron chi connectivity index (χ0n) is 16.7. The summed E-state index contributed by atoms with van der Waals surface area (Å²) in [5, 5.41) is 6.62. The number of aromatic nitrogens is 3. The highest BCUT2D eigenvalue weighted by Gasteiger charge is 2.32. The fourth-order valence-corrected chi connectivity index (χ4v) is 3.38. The van der Waals surface area contributed by atoms with Crippen molar-refractivity contribution in [2.75, 3.05) is 18.6 Å². The zero-order valence-corrected chi connectivity index (χ0v) is 17.5. The van der Waals surface area contributed by atoms with Gasteiger partial charge < -0.3 is 10.1 Å². The van der Waals surface area contributed by atoms with E-state index < -0.39 is 29.0 Å². The summed E-state index contributed by atoms with van der Waals surface area (Å²) < 4.78 is 7.05. The minimum absolute atomic E-state index is 0.124. The molecule has 0 unspecified atom stereocenters. The lowest BCUT2D eigenvalue weighted by Crippen LogP contribution is -2.50. The van der Waals surface area contributed by atoms with E-state index in [1.165, 1.54) is 22.8 Å². The number of para-hydroxylation sites is 1. The van der Waals surface area contributed by atoms with Crippen LogP contribution in [0.3, 0.4) is 0 Å². The second-order valence-electron chi connectivity index (χ2n) is 6.88. The number of amides is 2. The van der Waals surface area contributed by atoms with Crippen LogP contribution < -0.4 is 20.4 Å². The fraction of sp³-hybridized carbons (Fsp3) is 0.190. The first-order valence-corrected chi connectivity index (χ1v) is 9.77. The minimum atomic E-state index is -1.04. The number of rotatable bonds is 3. The van der Waals surface area contributed by atoms with Crippen molar-refractivity contribution in [1.29, 1.82) is 0 Å². The van der Waals surface area contributed by atoms with Crippen LogP contribution in [0.15, 0.2) is 53.5 Å². The maximum Gasteiger partial charge on any atom is 0.276 e. The molecule has 10 heteroatoms. The highest BCUT2D eigenvalue weighted by molar-refractivity contribution is 6.31. The molecule has 0 aliphatic carbocycles. The van der Waals surface area contributed by atoms with Gasteiger partial charge in [-0.3, -0.25) is 19.3 Å². The van der Waals surface area contributed by atoms with Crippen LogP contribution in [0.1, 0.15) is 16.2 Å². The second kappa shape index (κ2) is 8.19. The van der Waals surface area contributed by atoms with E-state index in [0.717, 1.165) is 0 Å². The number of nitrogens with one attached hydrogen (secondary N) is 1. The van der Waals surface area contributed by atoms with Gasteiger partial charge >= 0.3 is 0 Å². The monoisotopic (exact) mass is 439 g/mol. The summed E-state index contributed by atoms with van der Waals surface area (Å²) in [7, 11) is 1.53. The first-order valence-electron chi connectivity index (χ1n) is 9.39. The lowest BCUT2D eigenvalue weighted by molar-refractivity contribution is -0.120. The number of benzene rings is 1. The number of halogens is 1. The Hall–Kier alpha value is -3.72. The van der Waals surface area contributed by atoms with Crippen molar-refractivity contribution in [1.82, 2.24) is 20.1 Å². The van der Waals surface area contributed by atoms with Crippen molar-refractivity contribution in [2.45, 2.75) is 13.0 Å². The average molecular weight is 440 g/mol. The molecule has 1 atom stereocenters. The number of hydrogen-bond acceptors (Lipinski definition) is 6. The van der Waals surface area contributed by atoms with E-state index in [1.807, 2.05) is 6.07 Å². The van der Waals surface area contributed by atoms with E-state index in [4.69, 9.17) is 16.3 Å². The van der Waals surface area contributed by atoms with Crippen LogP contribution >= 0.6 is 11.6 Å². The summed E-state index contributed by atoms with van der Waals surface area (Å²) in [5.74, 6) is -0.511. The lowest BCUT2D eigenvalue weighted by atomic mass is 10.2. The van der Waals surface area contributed by atoms with Gasteiger partial charge in [-0.1, -0.05) is 29.8 Å². The van der Waals surface area contributed by atoms with Crippen LogP contribution in [-0.4, -0.2) is 46.3 Å². The van der Waals surface area contributed by atoms with Crippen LogP contribution in [0, 0.1) is 6.92 Å². The predicted molar refractivity (Wildman–Crippen MR) is 114 cm³/mol. The number of ether oxygens (including phenoxy) is 1. The summed E-state index contributed by atoms with van der Waals surface area (Å²) >= 11 is 6.20. The third-order valence-corrected chi connectivity index (χ3v) is 5.32. The summed E-state index contributed by atoms with van der Waals surface area (Å²) in [5.41, 5.74) is -0.116. The molecular weight excluding hydrogens is 422 g/mol. The van der Waals surface area contributed by atoms with E-state index >= 15 is 0 Å². The molecule has 1 aliphatic heterocycles. The SMILES string of the molecule is Cc1c(Cl)c(=O)c(C(=O)N[C@H]2COc3cccnc3N(C)C2=O)nn1-c1ccccc1. The van der Waals surface area contributed by atoms with Gasteiger partial charge in [0.25, 0.3) is 11.8 Å². The highest BCUT2D eigenvalue weighted by atomic mass is 35.5. The van der Waals surface area contributed by atoms with Crippen molar-refractivity contribution in [3.8, 4) is 11.4 Å². The number of nitrogens with zero attached hydrogens (tertiary/aromatic N) is 4. The minimum Gasteiger partial charge on any atom is -0.487 e. The molecule has 0 saturated heterocycles. The number of carbonyl (C=O) groups is 2. The van der Waals surface area contributed by atoms with Gasteiger partial charge in [-0.25, -0.2) is 9.67 Å². The van der Waals surface area contributed by atoms with Gasteiger partial charge in [0, 0.05) is 13.2 Å². The number of carbonyl (C=O) groups excluding carboxylic acids is 2. The smallest absolute Gasteiger partial charge is 0.276 e. The Morgan fingerprint density at radius 3 is 2.68 bits per heavy atom. The zero-order chi connectivity index (χ0) is 22.1. The number of anilines is 1. The Labute approximate surface area is 182 Å². The quantitative estimate of drug-likeness (QED) is 0.666. The Balaban J connectivity index is 1.66. The van der Waals surface area contributed by atoms with E-state index in [0.29, 0.717) is 22.9 Å². The molecule has 1 N–H and O–H groups in total. The molecule has 2 aromatic heterocycles. The molecule has 31 heavy (non-hydrogen) atoms. The van der Waals surface area contributed by atoms with Crippen molar-refractivity contribution in [3.63, 3.8) is 0 Å². The highest BCUT2D eigenvalue weighted by Crippen LogP contribution is 2.27. The van der Waals surface area contributed by atoms with Crippen LogP contribution in [0.5, 0.6) is 5.75 Å². The molecule has 9 nitrogen and oxygen atoms in total. The first kappa shape index (κ1) is 20.5. The van der Waals surface area contributed by atoms with Crippen molar-refractivity contribution < 1.29 is 14.3 Å². The molecule has 1 aromatic carbocycles. The molecule has 158 valence electrons. The Morgan fingerprint density at radius 1 is 1.19 bits per heavy atom. The maximum atomic E-state index is 12.9. The third-order valence-electron chi connectivity index (χ3n) is 4.87. The Bertz CT molecular complexity index is 1230. The fourth-order valence-electron chi connectivity index (χ4n) is 3.21. The second-order valence-corrected chi connectivity index (χ2v) is 7.26. The molecule has 0 saturated carbocycles. The summed E-state index contributed by atoms with van der Waals surface area (Å²) in [6, 6.07) is 11.3. The van der Waals surface area contributed by atoms with Crippen LogP contribution in [0.4, 0.5) is 5.82 Å². The van der Waals surface area contributed by atoms with Crippen LogP contribution in [0.2, 0.25) is 5.02 Å². The first-order chi connectivity index (χ1) is 14.9. The molecule has 3 heterocycles. The molecule has 2 amide bonds. The largest absolute Gasteiger partial charge is 0.487 e. The summed E-state index contributed by atoms with van der Waals surface area (Å²) in [6.07, 6.45) is 1.54. The summed E-state index contributed by atoms with van der Waals surface area (Å²) in [6.45, 7) is 1.51. The van der Waals surface area contributed by atoms with Crippen molar-refractivity contribution in [3.05, 3.63) is 75.3 Å². The average Bonchev–Trinajstić information content (AvgIpc) is 2.90. The molecular formula is C21H18ClN5O4. The van der Waals surface area contributed by atoms with Gasteiger partial charge in [0.05, 0.1) is 11.4 Å². The van der Waals surface area contributed by atoms with Crippen molar-refractivity contribution in [2.24, 2.45) is 0 Å². The third kappa shape index (κ3) is 3.75. The number of hydrogen-bond donors (Lipinski definition) is 1. The molecule has 0 spiro atoms. The Kier molecular flexibility index (Phi) is 5.43. The number of likely N-dealkylation sites (N-methyl/N-ethyl adjacent to an activating group) is 1. The standard InChI is InChI=1S/C21H18ClN5O4/c1-12-16(22)18(28)17(25-27(12)13-7-4-3-5-8-13)20(29)24-14-11-31-15-9-6-10-23-19(15)26(2)21(14)30/h3-10,14H,11H2,1-2H3,(H,24,29)/t14-/m0/s1. The van der Waals surface area contributed by atoms with Gasteiger partial charge in [0.2, 0.25) is 5.43 Å². The van der Waals surface area contributed by atoms with E-state index in [1.54, 1.807) is 43.3 Å². The maximum absolute atomic E-state index is 12.9. The normalized spacial score (nSPS) is 15.6. The number of fused-ring (bicyclic) bond motifs is 1. The van der Waals surface area contributed by atoms with Gasteiger partial charge in [-0.15, -0.1) is 0 Å². The lowest BCUT2D eigenvalue weighted by Gasteiger charge is -2.19. The molecule has 4 rings (SSSR count). The van der Waals surface area contributed by atoms with E-state index in [2.05, 4.69) is 15.4 Å². The van der Waals surface area contributed by atoms with Gasteiger partial charge in [0.15, 0.2) is 17.3 Å². The molecule has 0 bridgehead atoms. The molecule has 0 fully saturated rings. The van der Waals surface area contributed by atoms with Crippen molar-refractivity contribution >= 4 is 29.2 Å².